The van der Waals surface area contributed by atoms with E-state index < -0.39 is 17.4 Å². The van der Waals surface area contributed by atoms with Gasteiger partial charge in [-0.15, -0.1) is 0 Å². The maximum atomic E-state index is 14.4. The summed E-state index contributed by atoms with van der Waals surface area (Å²) in [6.45, 7) is 11.7. The Morgan fingerprint density at radius 3 is 2.14 bits per heavy atom. The van der Waals surface area contributed by atoms with Crippen molar-refractivity contribution in [2.75, 3.05) is 19.6 Å². The fourth-order valence-corrected chi connectivity index (χ4v) is 5.92. The van der Waals surface area contributed by atoms with Gasteiger partial charge in [-0.05, 0) is 91.9 Å². The molecule has 4 rings (SSSR count). The standard InChI is InChI=1S/C38H48F2N2O2/c1-5-6-7-8-29-14-16-32(17-15-29)38(44)42(33-20-23-41(24-21-33)22-19-27(2)3)26-31-12-10-30(11-13-31)25-35(43)34-18-9-28(4)36(39)37(34)40/h9-18,27,33H,5-8,19-26H2,1-4H3. The van der Waals surface area contributed by atoms with Gasteiger partial charge in [-0.2, -0.15) is 0 Å². The van der Waals surface area contributed by atoms with Gasteiger partial charge in [-0.3, -0.25) is 9.59 Å². The van der Waals surface area contributed by atoms with Gasteiger partial charge in [0.05, 0.1) is 5.56 Å². The van der Waals surface area contributed by atoms with Crippen LogP contribution in [-0.4, -0.2) is 47.2 Å². The minimum Gasteiger partial charge on any atom is -0.331 e. The van der Waals surface area contributed by atoms with E-state index in [-0.39, 0.29) is 29.5 Å². The average molecular weight is 603 g/mol. The van der Waals surface area contributed by atoms with E-state index in [0.29, 0.717) is 23.6 Å². The second-order valence-corrected chi connectivity index (χ2v) is 12.8. The van der Waals surface area contributed by atoms with Crippen molar-refractivity contribution in [2.24, 2.45) is 5.92 Å². The third-order valence-electron chi connectivity index (χ3n) is 8.87. The molecule has 3 aromatic rings. The number of carbonyl (C=O) groups is 2. The molecule has 1 aliphatic rings. The Labute approximate surface area is 262 Å². The van der Waals surface area contributed by atoms with Crippen molar-refractivity contribution in [3.05, 3.63) is 106 Å². The van der Waals surface area contributed by atoms with Crippen molar-refractivity contribution < 1.29 is 18.4 Å². The molecule has 3 aromatic carbocycles. The SMILES string of the molecule is CCCCCc1ccc(C(=O)N(Cc2ccc(CC(=O)c3ccc(C)c(F)c3F)cc2)C2CCN(CCC(C)C)CC2)cc1. The lowest BCUT2D eigenvalue weighted by atomic mass is 9.98. The first kappa shape index (κ1) is 33.5. The van der Waals surface area contributed by atoms with Crippen molar-refractivity contribution in [2.45, 2.75) is 91.6 Å². The highest BCUT2D eigenvalue weighted by Gasteiger charge is 2.29. The summed E-state index contributed by atoms with van der Waals surface area (Å²) in [6, 6.07) is 18.6. The number of halogens is 2. The number of nitrogens with zero attached hydrogens (tertiary/aromatic N) is 2. The van der Waals surface area contributed by atoms with Gasteiger partial charge in [0.15, 0.2) is 17.4 Å². The minimum atomic E-state index is -1.09. The molecular formula is C38H48F2N2O2. The van der Waals surface area contributed by atoms with Crippen LogP contribution in [0.2, 0.25) is 0 Å². The van der Waals surface area contributed by atoms with Crippen molar-refractivity contribution in [1.29, 1.82) is 0 Å². The largest absolute Gasteiger partial charge is 0.331 e. The van der Waals surface area contributed by atoms with Crippen LogP contribution in [0.4, 0.5) is 8.78 Å². The molecule has 1 aliphatic heterocycles. The van der Waals surface area contributed by atoms with Crippen molar-refractivity contribution in [3.8, 4) is 0 Å². The summed E-state index contributed by atoms with van der Waals surface area (Å²) in [6.07, 6.45) is 7.60. The molecule has 0 unspecified atom stereocenters. The number of piperidine rings is 1. The highest BCUT2D eigenvalue weighted by Crippen LogP contribution is 2.24. The number of ketones is 1. The monoisotopic (exact) mass is 602 g/mol. The molecule has 0 atom stereocenters. The Morgan fingerprint density at radius 2 is 1.50 bits per heavy atom. The van der Waals surface area contributed by atoms with Crippen molar-refractivity contribution >= 4 is 11.7 Å². The third-order valence-corrected chi connectivity index (χ3v) is 8.87. The summed E-state index contributed by atoms with van der Waals surface area (Å²) < 4.78 is 28.4. The van der Waals surface area contributed by atoms with Crippen LogP contribution in [0.5, 0.6) is 0 Å². The van der Waals surface area contributed by atoms with Crippen LogP contribution in [0.3, 0.4) is 0 Å². The molecule has 0 saturated carbocycles. The molecule has 0 radical (unpaired) electrons. The summed E-state index contributed by atoms with van der Waals surface area (Å²) in [5.74, 6) is -1.82. The Hall–Kier alpha value is -3.38. The Bertz CT molecular complexity index is 1380. The van der Waals surface area contributed by atoms with Crippen molar-refractivity contribution in [3.63, 3.8) is 0 Å². The number of unbranched alkanes of at least 4 members (excludes halogenated alkanes) is 2. The number of rotatable bonds is 14. The summed E-state index contributed by atoms with van der Waals surface area (Å²) in [5.41, 5.74) is 3.60. The van der Waals surface area contributed by atoms with Gasteiger partial charge in [-0.1, -0.05) is 76.1 Å². The van der Waals surface area contributed by atoms with Crippen LogP contribution < -0.4 is 0 Å². The van der Waals surface area contributed by atoms with Gasteiger partial charge in [0.25, 0.3) is 5.91 Å². The zero-order valence-electron chi connectivity index (χ0n) is 26.9. The zero-order valence-corrected chi connectivity index (χ0v) is 26.9. The quantitative estimate of drug-likeness (QED) is 0.137. The smallest absolute Gasteiger partial charge is 0.254 e. The molecule has 44 heavy (non-hydrogen) atoms. The lowest BCUT2D eigenvalue weighted by molar-refractivity contribution is 0.0546. The summed E-state index contributed by atoms with van der Waals surface area (Å²) in [4.78, 5) is 31.3. The van der Waals surface area contributed by atoms with Crippen LogP contribution >= 0.6 is 0 Å². The first-order chi connectivity index (χ1) is 21.2. The van der Waals surface area contributed by atoms with Crippen molar-refractivity contribution in [1.82, 2.24) is 9.80 Å². The number of benzene rings is 3. The minimum absolute atomic E-state index is 0.0260. The Balaban J connectivity index is 1.47. The summed E-state index contributed by atoms with van der Waals surface area (Å²) in [5, 5.41) is 0. The van der Waals surface area contributed by atoms with E-state index in [9.17, 15) is 18.4 Å². The molecule has 4 nitrogen and oxygen atoms in total. The van der Waals surface area contributed by atoms with Crippen LogP contribution in [0, 0.1) is 24.5 Å². The highest BCUT2D eigenvalue weighted by molar-refractivity contribution is 5.98. The van der Waals surface area contributed by atoms with Crippen LogP contribution in [0.15, 0.2) is 60.7 Å². The lowest BCUT2D eigenvalue weighted by Gasteiger charge is -2.39. The van der Waals surface area contributed by atoms with Crippen LogP contribution in [-0.2, 0) is 19.4 Å². The topological polar surface area (TPSA) is 40.6 Å². The normalized spacial score (nSPS) is 14.2. The molecule has 1 saturated heterocycles. The van der Waals surface area contributed by atoms with E-state index in [1.807, 2.05) is 41.3 Å². The molecule has 6 heteroatoms. The maximum absolute atomic E-state index is 14.4. The molecule has 0 aromatic heterocycles. The molecule has 0 spiro atoms. The number of amides is 1. The van der Waals surface area contributed by atoms with Gasteiger partial charge < -0.3 is 9.80 Å². The van der Waals surface area contributed by atoms with Crippen LogP contribution in [0.25, 0.3) is 0 Å². The second-order valence-electron chi connectivity index (χ2n) is 12.8. The number of hydrogen-bond acceptors (Lipinski definition) is 3. The predicted octanol–water partition coefficient (Wildman–Crippen LogP) is 8.58. The fraction of sp³-hybridized carbons (Fsp3) is 0.474. The van der Waals surface area contributed by atoms with Gasteiger partial charge in [-0.25, -0.2) is 8.78 Å². The predicted molar refractivity (Wildman–Crippen MR) is 174 cm³/mol. The molecule has 0 aliphatic carbocycles. The second kappa shape index (κ2) is 16.1. The first-order valence-electron chi connectivity index (χ1n) is 16.3. The van der Waals surface area contributed by atoms with Gasteiger partial charge in [0.1, 0.15) is 0 Å². The lowest BCUT2D eigenvalue weighted by Crippen LogP contribution is -2.47. The summed E-state index contributed by atoms with van der Waals surface area (Å²) >= 11 is 0. The number of carbonyl (C=O) groups excluding carboxylic acids is 2. The fourth-order valence-electron chi connectivity index (χ4n) is 5.92. The first-order valence-corrected chi connectivity index (χ1v) is 16.3. The Morgan fingerprint density at radius 1 is 0.864 bits per heavy atom. The molecule has 1 amide bonds. The third kappa shape index (κ3) is 9.07. The van der Waals surface area contributed by atoms with E-state index in [0.717, 1.165) is 50.9 Å². The number of aryl methyl sites for hydroxylation is 2. The van der Waals surface area contributed by atoms with Crippen LogP contribution in [0.1, 0.15) is 102 Å². The van der Waals surface area contributed by atoms with E-state index in [2.05, 4.69) is 37.8 Å². The van der Waals surface area contributed by atoms with E-state index >= 15 is 0 Å². The van der Waals surface area contributed by atoms with E-state index in [1.165, 1.54) is 43.9 Å². The van der Waals surface area contributed by atoms with Gasteiger partial charge in [0, 0.05) is 37.7 Å². The average Bonchev–Trinajstić information content (AvgIpc) is 3.02. The number of Topliss-reactive ketones (excluding diaryl/α,β-unsaturated/α-hetero) is 1. The molecule has 1 fully saturated rings. The van der Waals surface area contributed by atoms with E-state index in [4.69, 9.17) is 0 Å². The molecule has 0 N–H and O–H groups in total. The van der Waals surface area contributed by atoms with Gasteiger partial charge in [0.2, 0.25) is 0 Å². The molecule has 1 heterocycles. The zero-order chi connectivity index (χ0) is 31.6. The number of likely N-dealkylation sites (tertiary alicyclic amines) is 1. The van der Waals surface area contributed by atoms with Gasteiger partial charge >= 0.3 is 0 Å². The number of hydrogen-bond donors (Lipinski definition) is 0. The molecule has 0 bridgehead atoms. The summed E-state index contributed by atoms with van der Waals surface area (Å²) in [7, 11) is 0. The maximum Gasteiger partial charge on any atom is 0.254 e. The molecular weight excluding hydrogens is 554 g/mol. The van der Waals surface area contributed by atoms with E-state index in [1.54, 1.807) is 0 Å². The molecule has 236 valence electrons. The highest BCUT2D eigenvalue weighted by atomic mass is 19.2. The Kier molecular flexibility index (Phi) is 12.2.